The molecule has 1 aromatic carbocycles. The van der Waals surface area contributed by atoms with Crippen molar-refractivity contribution >= 4 is 21.9 Å². The molecule has 5 nitrogen and oxygen atoms in total. The first-order valence-corrected chi connectivity index (χ1v) is 7.28. The fourth-order valence-corrected chi connectivity index (χ4v) is 2.32. The van der Waals surface area contributed by atoms with E-state index in [1.54, 1.807) is 6.92 Å². The van der Waals surface area contributed by atoms with Gasteiger partial charge in [-0.25, -0.2) is 4.98 Å². The third-order valence-electron chi connectivity index (χ3n) is 2.85. The minimum absolute atomic E-state index is 0.328. The maximum absolute atomic E-state index is 12.2. The van der Waals surface area contributed by atoms with Crippen molar-refractivity contribution in [1.29, 1.82) is 0 Å². The molecule has 0 spiro atoms. The molecule has 0 saturated carbocycles. The van der Waals surface area contributed by atoms with Crippen molar-refractivity contribution in [3.63, 3.8) is 0 Å². The fourth-order valence-electron chi connectivity index (χ4n) is 1.90. The summed E-state index contributed by atoms with van der Waals surface area (Å²) in [6.45, 7) is 4.09. The quantitative estimate of drug-likeness (QED) is 0.852. The third kappa shape index (κ3) is 3.25. The number of benzene rings is 1. The third-order valence-corrected chi connectivity index (χ3v) is 3.34. The molecule has 6 heteroatoms. The monoisotopic (exact) mass is 337 g/mol. The number of ether oxygens (including phenoxy) is 1. The summed E-state index contributed by atoms with van der Waals surface area (Å²) in [5, 5.41) is 6.98. The van der Waals surface area contributed by atoms with Gasteiger partial charge < -0.3 is 4.74 Å². The molecule has 106 valence electrons. The summed E-state index contributed by atoms with van der Waals surface area (Å²) in [7, 11) is 0. The van der Waals surface area contributed by atoms with E-state index < -0.39 is 5.92 Å². The Labute approximate surface area is 125 Å². The van der Waals surface area contributed by atoms with Crippen LogP contribution in [0.25, 0.3) is 0 Å². The van der Waals surface area contributed by atoms with Crippen molar-refractivity contribution in [2.75, 3.05) is 6.61 Å². The molecule has 2 aromatic rings. The summed E-state index contributed by atoms with van der Waals surface area (Å²) in [6.07, 6.45) is 0.737. The number of esters is 1. The standard InChI is InChI=1S/C14H16BrN3O2/c1-3-11-16-13(18-17-11)12(14(19)20-4-2)9-6-5-7-10(15)8-9/h5-8,12H,3-4H2,1-2H3,(H,16,17,18). The first kappa shape index (κ1) is 14.7. The summed E-state index contributed by atoms with van der Waals surface area (Å²) in [6, 6.07) is 7.53. The highest BCUT2D eigenvalue weighted by Crippen LogP contribution is 2.26. The van der Waals surface area contributed by atoms with Crippen LogP contribution in [-0.4, -0.2) is 27.8 Å². The van der Waals surface area contributed by atoms with Crippen LogP contribution in [0.3, 0.4) is 0 Å². The Balaban J connectivity index is 2.41. The topological polar surface area (TPSA) is 67.9 Å². The highest BCUT2D eigenvalue weighted by Gasteiger charge is 2.28. The number of nitrogens with one attached hydrogen (secondary N) is 1. The molecule has 1 heterocycles. The molecule has 0 fully saturated rings. The predicted molar refractivity (Wildman–Crippen MR) is 78.4 cm³/mol. The second kappa shape index (κ2) is 6.65. The Morgan fingerprint density at radius 3 is 2.85 bits per heavy atom. The zero-order valence-electron chi connectivity index (χ0n) is 11.4. The molecule has 1 aromatic heterocycles. The van der Waals surface area contributed by atoms with Gasteiger partial charge in [-0.05, 0) is 24.6 Å². The number of aromatic amines is 1. The smallest absolute Gasteiger partial charge is 0.321 e. The molecule has 0 amide bonds. The van der Waals surface area contributed by atoms with E-state index in [9.17, 15) is 4.79 Å². The second-order valence-electron chi connectivity index (χ2n) is 4.23. The van der Waals surface area contributed by atoms with E-state index in [0.29, 0.717) is 12.4 Å². The molecule has 0 aliphatic heterocycles. The maximum Gasteiger partial charge on any atom is 0.321 e. The predicted octanol–water partition coefficient (Wildman–Crippen LogP) is 2.82. The first-order valence-electron chi connectivity index (χ1n) is 6.49. The van der Waals surface area contributed by atoms with Crippen molar-refractivity contribution in [1.82, 2.24) is 15.2 Å². The van der Waals surface area contributed by atoms with E-state index in [1.807, 2.05) is 31.2 Å². The molecule has 2 rings (SSSR count). The van der Waals surface area contributed by atoms with Crippen LogP contribution < -0.4 is 0 Å². The number of halogens is 1. The van der Waals surface area contributed by atoms with Gasteiger partial charge in [-0.1, -0.05) is 35.0 Å². The summed E-state index contributed by atoms with van der Waals surface area (Å²) in [5.74, 6) is 0.249. The van der Waals surface area contributed by atoms with Gasteiger partial charge in [-0.3, -0.25) is 9.89 Å². The molecule has 0 radical (unpaired) electrons. The number of hydrogen-bond donors (Lipinski definition) is 1. The molecular weight excluding hydrogens is 322 g/mol. The Hall–Kier alpha value is -1.69. The summed E-state index contributed by atoms with van der Waals surface area (Å²) in [5.41, 5.74) is 0.805. The summed E-state index contributed by atoms with van der Waals surface area (Å²) >= 11 is 3.41. The number of carbonyl (C=O) groups is 1. The van der Waals surface area contributed by atoms with Gasteiger partial charge in [-0.15, -0.1) is 0 Å². The van der Waals surface area contributed by atoms with Gasteiger partial charge in [0.15, 0.2) is 5.82 Å². The first-order chi connectivity index (χ1) is 9.65. The van der Waals surface area contributed by atoms with Gasteiger partial charge in [0, 0.05) is 10.9 Å². The van der Waals surface area contributed by atoms with Crippen molar-refractivity contribution in [3.8, 4) is 0 Å². The normalized spacial score (nSPS) is 12.2. The van der Waals surface area contributed by atoms with E-state index in [-0.39, 0.29) is 5.97 Å². The average molecular weight is 338 g/mol. The van der Waals surface area contributed by atoms with Crippen LogP contribution in [0.4, 0.5) is 0 Å². The Kier molecular flexibility index (Phi) is 4.89. The van der Waals surface area contributed by atoms with Gasteiger partial charge in [0.25, 0.3) is 0 Å². The number of rotatable bonds is 5. The number of hydrogen-bond acceptors (Lipinski definition) is 4. The van der Waals surface area contributed by atoms with Crippen LogP contribution >= 0.6 is 15.9 Å². The average Bonchev–Trinajstić information content (AvgIpc) is 2.88. The van der Waals surface area contributed by atoms with Gasteiger partial charge >= 0.3 is 5.97 Å². The van der Waals surface area contributed by atoms with E-state index in [0.717, 1.165) is 22.3 Å². The molecule has 0 aliphatic carbocycles. The molecule has 1 unspecified atom stereocenters. The van der Waals surface area contributed by atoms with Gasteiger partial charge in [-0.2, -0.15) is 5.10 Å². The van der Waals surface area contributed by atoms with E-state index in [4.69, 9.17) is 4.74 Å². The van der Waals surface area contributed by atoms with Crippen LogP contribution in [0.1, 0.15) is 37.0 Å². The van der Waals surface area contributed by atoms with Gasteiger partial charge in [0.05, 0.1) is 6.61 Å². The number of nitrogens with zero attached hydrogens (tertiary/aromatic N) is 2. The molecule has 0 saturated heterocycles. The van der Waals surface area contributed by atoms with Crippen molar-refractivity contribution in [3.05, 3.63) is 46.0 Å². The number of H-pyrrole nitrogens is 1. The highest BCUT2D eigenvalue weighted by molar-refractivity contribution is 9.10. The lowest BCUT2D eigenvalue weighted by atomic mass is 9.98. The fraction of sp³-hybridized carbons (Fsp3) is 0.357. The maximum atomic E-state index is 12.2. The van der Waals surface area contributed by atoms with Crippen LogP contribution in [0.2, 0.25) is 0 Å². The molecule has 0 bridgehead atoms. The molecule has 0 aliphatic rings. The minimum Gasteiger partial charge on any atom is -0.465 e. The van der Waals surface area contributed by atoms with Gasteiger partial charge in [0.1, 0.15) is 11.7 Å². The molecule has 1 atom stereocenters. The largest absolute Gasteiger partial charge is 0.465 e. The van der Waals surface area contributed by atoms with Gasteiger partial charge in [0.2, 0.25) is 0 Å². The van der Waals surface area contributed by atoms with Crippen LogP contribution in [0.15, 0.2) is 28.7 Å². The summed E-state index contributed by atoms with van der Waals surface area (Å²) in [4.78, 5) is 16.6. The minimum atomic E-state index is -0.607. The Morgan fingerprint density at radius 2 is 2.25 bits per heavy atom. The Morgan fingerprint density at radius 1 is 1.45 bits per heavy atom. The highest BCUT2D eigenvalue weighted by atomic mass is 79.9. The second-order valence-corrected chi connectivity index (χ2v) is 5.15. The zero-order valence-corrected chi connectivity index (χ0v) is 13.0. The number of carbonyl (C=O) groups excluding carboxylic acids is 1. The molecule has 1 N–H and O–H groups in total. The van der Waals surface area contributed by atoms with Crippen molar-refractivity contribution in [2.24, 2.45) is 0 Å². The van der Waals surface area contributed by atoms with Crippen molar-refractivity contribution < 1.29 is 9.53 Å². The zero-order chi connectivity index (χ0) is 14.5. The lowest BCUT2D eigenvalue weighted by Gasteiger charge is -2.13. The van der Waals surface area contributed by atoms with E-state index in [1.165, 1.54) is 0 Å². The van der Waals surface area contributed by atoms with Crippen LogP contribution in [-0.2, 0) is 16.0 Å². The lowest BCUT2D eigenvalue weighted by molar-refractivity contribution is -0.144. The number of aryl methyl sites for hydroxylation is 1. The lowest BCUT2D eigenvalue weighted by Crippen LogP contribution is -2.18. The summed E-state index contributed by atoms with van der Waals surface area (Å²) < 4.78 is 6.05. The Bertz CT molecular complexity index is 598. The molecular formula is C14H16BrN3O2. The van der Waals surface area contributed by atoms with E-state index in [2.05, 4.69) is 31.1 Å². The van der Waals surface area contributed by atoms with Crippen LogP contribution in [0.5, 0.6) is 0 Å². The van der Waals surface area contributed by atoms with Crippen molar-refractivity contribution in [2.45, 2.75) is 26.2 Å². The van der Waals surface area contributed by atoms with E-state index >= 15 is 0 Å². The van der Waals surface area contributed by atoms with Crippen LogP contribution in [0, 0.1) is 0 Å². The molecule has 20 heavy (non-hydrogen) atoms. The SMILES string of the molecule is CCOC(=O)C(c1cccc(Br)c1)c1n[nH]c(CC)n1. The number of aromatic nitrogens is 3.